The van der Waals surface area contributed by atoms with E-state index >= 15 is 0 Å². The number of carbonyl (C=O) groups is 2. The van der Waals surface area contributed by atoms with Crippen molar-refractivity contribution in [3.05, 3.63) is 39.9 Å². The van der Waals surface area contributed by atoms with Crippen LogP contribution in [0.1, 0.15) is 32.8 Å². The molecule has 1 N–H and O–H groups in total. The first-order valence-corrected chi connectivity index (χ1v) is 8.22. The highest BCUT2D eigenvalue weighted by molar-refractivity contribution is 7.07. The molecule has 2 heterocycles. The van der Waals surface area contributed by atoms with Crippen LogP contribution in [0, 0.1) is 20.8 Å². The second-order valence-corrected chi connectivity index (χ2v) is 6.62. The fraction of sp³-hybridized carbons (Fsp3) is 0.375. The third-order valence-electron chi connectivity index (χ3n) is 4.00. The highest BCUT2D eigenvalue weighted by Crippen LogP contribution is 2.30. The van der Waals surface area contributed by atoms with Crippen molar-refractivity contribution in [2.45, 2.75) is 33.2 Å². The second kappa shape index (κ2) is 6.08. The van der Waals surface area contributed by atoms with E-state index in [0.717, 1.165) is 28.3 Å². The first kappa shape index (κ1) is 15.6. The Morgan fingerprint density at radius 1 is 1.30 bits per heavy atom. The van der Waals surface area contributed by atoms with E-state index in [1.54, 1.807) is 4.90 Å². The molecule has 23 heavy (non-hydrogen) atoms. The molecular formula is C16H18N4O2S. The van der Waals surface area contributed by atoms with Crippen molar-refractivity contribution in [2.75, 3.05) is 11.4 Å². The summed E-state index contributed by atoms with van der Waals surface area (Å²) in [6.45, 7) is 6.67. The van der Waals surface area contributed by atoms with Crippen LogP contribution in [0.15, 0.2) is 18.3 Å². The lowest BCUT2D eigenvalue weighted by Gasteiger charge is -2.22. The summed E-state index contributed by atoms with van der Waals surface area (Å²) in [5.74, 6) is -0.358. The number of rotatable bonds is 3. The van der Waals surface area contributed by atoms with Gasteiger partial charge in [0, 0.05) is 12.2 Å². The predicted molar refractivity (Wildman–Crippen MR) is 88.8 cm³/mol. The zero-order valence-electron chi connectivity index (χ0n) is 13.3. The first-order valence-electron chi connectivity index (χ1n) is 7.45. The maximum atomic E-state index is 12.7. The third-order valence-corrected chi connectivity index (χ3v) is 4.66. The first-order chi connectivity index (χ1) is 11.0. The Labute approximate surface area is 138 Å². The normalized spacial score (nSPS) is 17.6. The number of aromatic nitrogens is 2. The van der Waals surface area contributed by atoms with E-state index < -0.39 is 6.04 Å². The van der Waals surface area contributed by atoms with E-state index in [1.807, 2.05) is 20.8 Å². The summed E-state index contributed by atoms with van der Waals surface area (Å²) in [6, 6.07) is 3.65. The molecule has 6 nitrogen and oxygen atoms in total. The Kier molecular flexibility index (Phi) is 4.12. The topological polar surface area (TPSA) is 75.2 Å². The molecule has 7 heteroatoms. The number of benzene rings is 1. The van der Waals surface area contributed by atoms with Crippen molar-refractivity contribution in [1.29, 1.82) is 0 Å². The molecule has 1 aromatic carbocycles. The minimum atomic E-state index is -0.496. The second-order valence-electron chi connectivity index (χ2n) is 5.83. The summed E-state index contributed by atoms with van der Waals surface area (Å²) in [6.07, 6.45) is 2.01. The monoisotopic (exact) mass is 330 g/mol. The van der Waals surface area contributed by atoms with Gasteiger partial charge in [0.25, 0.3) is 5.91 Å². The van der Waals surface area contributed by atoms with E-state index in [2.05, 4.69) is 27.0 Å². The number of nitrogens with zero attached hydrogens (tertiary/aromatic N) is 3. The van der Waals surface area contributed by atoms with Crippen LogP contribution in [0.5, 0.6) is 0 Å². The van der Waals surface area contributed by atoms with Gasteiger partial charge in [-0.25, -0.2) is 0 Å². The van der Waals surface area contributed by atoms with Crippen LogP contribution in [0.25, 0.3) is 0 Å². The Bertz CT molecular complexity index is 734. The van der Waals surface area contributed by atoms with Gasteiger partial charge in [0.2, 0.25) is 5.91 Å². The lowest BCUT2D eigenvalue weighted by atomic mass is 10.0. The van der Waals surface area contributed by atoms with Crippen LogP contribution >= 0.6 is 11.5 Å². The predicted octanol–water partition coefficient (Wildman–Crippen LogP) is 2.00. The molecule has 1 atom stereocenters. The molecule has 1 fully saturated rings. The minimum Gasteiger partial charge on any atom is -0.339 e. The molecule has 2 aromatic rings. The van der Waals surface area contributed by atoms with Crippen molar-refractivity contribution in [2.24, 2.45) is 0 Å². The number of nitrogens with one attached hydrogen (secondary N) is 1. The van der Waals surface area contributed by atoms with E-state index in [9.17, 15) is 9.59 Å². The molecule has 0 spiro atoms. The van der Waals surface area contributed by atoms with Crippen molar-refractivity contribution in [3.8, 4) is 0 Å². The summed E-state index contributed by atoms with van der Waals surface area (Å²) in [7, 11) is 0. The molecule has 0 unspecified atom stereocenters. The number of aryl methyl sites for hydroxylation is 3. The minimum absolute atomic E-state index is 0.0640. The van der Waals surface area contributed by atoms with Crippen LogP contribution in [0.3, 0.4) is 0 Å². The van der Waals surface area contributed by atoms with Gasteiger partial charge in [-0.05, 0) is 49.9 Å². The summed E-state index contributed by atoms with van der Waals surface area (Å²) in [4.78, 5) is 27.0. The highest BCUT2D eigenvalue weighted by Gasteiger charge is 2.35. The standard InChI is InChI=1S/C16H18N4O2S/c1-9-6-10(2)14(11(3)7-9)20-5-4-12(16(20)22)18-15(21)13-8-17-19-23-13/h6-8,12H,4-5H2,1-3H3,(H,18,21)/t12-/m0/s1. The van der Waals surface area contributed by atoms with Gasteiger partial charge in [-0.15, -0.1) is 5.10 Å². The van der Waals surface area contributed by atoms with Gasteiger partial charge in [0.05, 0.1) is 6.20 Å². The number of hydrogen-bond acceptors (Lipinski definition) is 5. The maximum absolute atomic E-state index is 12.7. The van der Waals surface area contributed by atoms with Gasteiger partial charge in [-0.2, -0.15) is 0 Å². The van der Waals surface area contributed by atoms with E-state index in [1.165, 1.54) is 11.8 Å². The summed E-state index contributed by atoms with van der Waals surface area (Å²) < 4.78 is 3.67. The number of carbonyl (C=O) groups excluding carboxylic acids is 2. The Morgan fingerprint density at radius 3 is 2.61 bits per heavy atom. The van der Waals surface area contributed by atoms with E-state index in [4.69, 9.17) is 0 Å². The van der Waals surface area contributed by atoms with Gasteiger partial charge in [0.1, 0.15) is 10.9 Å². The van der Waals surface area contributed by atoms with Crippen LogP contribution in [-0.2, 0) is 4.79 Å². The summed E-state index contributed by atoms with van der Waals surface area (Å²) >= 11 is 1.02. The zero-order valence-corrected chi connectivity index (χ0v) is 14.1. The molecule has 0 bridgehead atoms. The maximum Gasteiger partial charge on any atom is 0.265 e. The van der Waals surface area contributed by atoms with Crippen LogP contribution in [0.4, 0.5) is 5.69 Å². The molecule has 1 saturated heterocycles. The van der Waals surface area contributed by atoms with Crippen molar-refractivity contribution in [3.63, 3.8) is 0 Å². The highest BCUT2D eigenvalue weighted by atomic mass is 32.1. The van der Waals surface area contributed by atoms with Crippen LogP contribution < -0.4 is 10.2 Å². The summed E-state index contributed by atoms with van der Waals surface area (Å²) in [5.41, 5.74) is 4.29. The Hall–Kier alpha value is -2.28. The molecule has 120 valence electrons. The van der Waals surface area contributed by atoms with Crippen molar-refractivity contribution in [1.82, 2.24) is 14.9 Å². The molecule has 2 amide bonds. The molecule has 0 saturated carbocycles. The van der Waals surface area contributed by atoms with Gasteiger partial charge < -0.3 is 10.2 Å². The molecule has 1 aromatic heterocycles. The lowest BCUT2D eigenvalue weighted by Crippen LogP contribution is -2.41. The lowest BCUT2D eigenvalue weighted by molar-refractivity contribution is -0.118. The molecule has 0 radical (unpaired) electrons. The zero-order chi connectivity index (χ0) is 16.6. The SMILES string of the molecule is Cc1cc(C)c(N2CC[C@H](NC(=O)c3cnns3)C2=O)c(C)c1. The van der Waals surface area contributed by atoms with Gasteiger partial charge in [-0.3, -0.25) is 9.59 Å². The quantitative estimate of drug-likeness (QED) is 0.934. The van der Waals surface area contributed by atoms with E-state index in [-0.39, 0.29) is 11.8 Å². The molecule has 3 rings (SSSR count). The van der Waals surface area contributed by atoms with E-state index in [0.29, 0.717) is 17.8 Å². The van der Waals surface area contributed by atoms with Crippen molar-refractivity contribution < 1.29 is 9.59 Å². The molecule has 1 aliphatic heterocycles. The largest absolute Gasteiger partial charge is 0.339 e. The third kappa shape index (κ3) is 2.96. The number of amides is 2. The average Bonchev–Trinajstić information content (AvgIpc) is 3.11. The van der Waals surface area contributed by atoms with Crippen LogP contribution in [-0.4, -0.2) is 34.0 Å². The summed E-state index contributed by atoms with van der Waals surface area (Å²) in [5, 5.41) is 6.42. The molecule has 0 aliphatic carbocycles. The smallest absolute Gasteiger partial charge is 0.265 e. The number of hydrogen-bond donors (Lipinski definition) is 1. The fourth-order valence-corrected chi connectivity index (χ4v) is 3.55. The Balaban J connectivity index is 1.78. The van der Waals surface area contributed by atoms with Crippen molar-refractivity contribution >= 4 is 29.0 Å². The van der Waals surface area contributed by atoms with Crippen LogP contribution in [0.2, 0.25) is 0 Å². The van der Waals surface area contributed by atoms with Gasteiger partial charge in [-0.1, -0.05) is 22.2 Å². The fourth-order valence-electron chi connectivity index (χ4n) is 3.13. The van der Waals surface area contributed by atoms with Gasteiger partial charge >= 0.3 is 0 Å². The Morgan fingerprint density at radius 2 is 2.00 bits per heavy atom. The molecular weight excluding hydrogens is 312 g/mol. The number of anilines is 1. The molecule has 1 aliphatic rings. The average molecular weight is 330 g/mol. The van der Waals surface area contributed by atoms with Gasteiger partial charge in [0.15, 0.2) is 0 Å².